The summed E-state index contributed by atoms with van der Waals surface area (Å²) in [7, 11) is 3.91. The second-order valence-corrected chi connectivity index (χ2v) is 6.47. The highest BCUT2D eigenvalue weighted by Gasteiger charge is 2.31. The molecular weight excluding hydrogens is 242 g/mol. The summed E-state index contributed by atoms with van der Waals surface area (Å²) in [5.41, 5.74) is 1.39. The summed E-state index contributed by atoms with van der Waals surface area (Å²) in [6.45, 7) is 2.17. The van der Waals surface area contributed by atoms with Gasteiger partial charge in [0.2, 0.25) is 0 Å². The van der Waals surface area contributed by atoms with E-state index in [-0.39, 0.29) is 0 Å². The van der Waals surface area contributed by atoms with Gasteiger partial charge in [-0.25, -0.2) is 0 Å². The molecule has 18 heavy (non-hydrogen) atoms. The summed E-state index contributed by atoms with van der Waals surface area (Å²) in [4.78, 5) is 1.38. The van der Waals surface area contributed by atoms with Gasteiger partial charge in [-0.1, -0.05) is 19.3 Å². The molecule has 0 spiro atoms. The molecule has 2 atom stereocenters. The van der Waals surface area contributed by atoms with Crippen LogP contribution in [0.2, 0.25) is 0 Å². The van der Waals surface area contributed by atoms with Gasteiger partial charge in [0.1, 0.15) is 0 Å². The Kier molecular flexibility index (Phi) is 5.22. The van der Waals surface area contributed by atoms with E-state index in [1.165, 1.54) is 42.5 Å². The van der Waals surface area contributed by atoms with Crippen LogP contribution in [0.3, 0.4) is 0 Å². The Balaban J connectivity index is 2.12. The number of hydrogen-bond acceptors (Lipinski definition) is 3. The van der Waals surface area contributed by atoms with Gasteiger partial charge in [-0.15, -0.1) is 11.3 Å². The smallest absolute Gasteiger partial charge is 0.0794 e. The number of hydrogen-bond donors (Lipinski definition) is 1. The number of nitrogens with one attached hydrogen (secondary N) is 1. The van der Waals surface area contributed by atoms with Crippen LogP contribution in [0.15, 0.2) is 11.4 Å². The summed E-state index contributed by atoms with van der Waals surface area (Å²) >= 11 is 1.83. The lowest BCUT2D eigenvalue weighted by atomic mass is 9.81. The molecule has 0 radical (unpaired) electrons. The fourth-order valence-electron chi connectivity index (χ4n) is 3.21. The Morgan fingerprint density at radius 3 is 2.56 bits per heavy atom. The van der Waals surface area contributed by atoms with Crippen LogP contribution in [0, 0.1) is 12.8 Å². The first-order valence-electron chi connectivity index (χ1n) is 7.01. The summed E-state index contributed by atoms with van der Waals surface area (Å²) < 4.78 is 5.85. The molecule has 1 fully saturated rings. The summed E-state index contributed by atoms with van der Waals surface area (Å²) in [5, 5.41) is 5.73. The third-order valence-corrected chi connectivity index (χ3v) is 5.02. The first kappa shape index (κ1) is 14.0. The van der Waals surface area contributed by atoms with Crippen molar-refractivity contribution in [2.45, 2.75) is 51.2 Å². The quantitative estimate of drug-likeness (QED) is 0.873. The highest BCUT2D eigenvalue weighted by Crippen LogP contribution is 2.35. The molecule has 0 amide bonds. The van der Waals surface area contributed by atoms with E-state index < -0.39 is 0 Å². The topological polar surface area (TPSA) is 21.3 Å². The molecule has 0 bridgehead atoms. The van der Waals surface area contributed by atoms with Crippen LogP contribution >= 0.6 is 11.3 Å². The Morgan fingerprint density at radius 2 is 2.06 bits per heavy atom. The molecule has 1 aromatic heterocycles. The standard InChI is InChI=1S/C15H25NOS/c1-11-9-13(10-18-11)14(16-2)15(17-3)12-7-5-4-6-8-12/h9-10,12,14-16H,4-8H2,1-3H3. The van der Waals surface area contributed by atoms with Gasteiger partial charge in [0.25, 0.3) is 0 Å². The monoisotopic (exact) mass is 267 g/mol. The molecule has 2 unspecified atom stereocenters. The zero-order chi connectivity index (χ0) is 13.0. The molecule has 0 aliphatic heterocycles. The predicted molar refractivity (Wildman–Crippen MR) is 78.2 cm³/mol. The maximum atomic E-state index is 5.85. The van der Waals surface area contributed by atoms with Gasteiger partial charge in [0.05, 0.1) is 12.1 Å². The van der Waals surface area contributed by atoms with Gasteiger partial charge in [0.15, 0.2) is 0 Å². The van der Waals surface area contributed by atoms with Crippen molar-refractivity contribution in [3.8, 4) is 0 Å². The molecule has 1 aromatic rings. The summed E-state index contributed by atoms with van der Waals surface area (Å²) in [5.74, 6) is 0.710. The minimum atomic E-state index is 0.310. The number of methoxy groups -OCH3 is 1. The Morgan fingerprint density at radius 1 is 1.33 bits per heavy atom. The maximum absolute atomic E-state index is 5.85. The largest absolute Gasteiger partial charge is 0.379 e. The van der Waals surface area contributed by atoms with Crippen LogP contribution in [0.5, 0.6) is 0 Å². The minimum absolute atomic E-state index is 0.310. The van der Waals surface area contributed by atoms with Crippen LogP contribution in [-0.4, -0.2) is 20.3 Å². The first-order valence-corrected chi connectivity index (χ1v) is 7.89. The summed E-state index contributed by atoms with van der Waals surface area (Å²) in [6, 6.07) is 2.63. The van der Waals surface area contributed by atoms with Crippen LogP contribution in [0.1, 0.15) is 48.6 Å². The lowest BCUT2D eigenvalue weighted by Crippen LogP contribution is -2.37. The van der Waals surface area contributed by atoms with Crippen molar-refractivity contribution >= 4 is 11.3 Å². The first-order chi connectivity index (χ1) is 8.76. The van der Waals surface area contributed by atoms with Crippen LogP contribution in [0.25, 0.3) is 0 Å². The van der Waals surface area contributed by atoms with Crippen LogP contribution in [-0.2, 0) is 4.74 Å². The normalized spacial score (nSPS) is 20.8. The van der Waals surface area contributed by atoms with E-state index in [0.717, 1.165) is 0 Å². The molecule has 102 valence electrons. The lowest BCUT2D eigenvalue weighted by Gasteiger charge is -2.34. The van der Waals surface area contributed by atoms with Gasteiger partial charge in [-0.05, 0) is 49.7 Å². The Bertz CT molecular complexity index is 357. The van der Waals surface area contributed by atoms with E-state index in [0.29, 0.717) is 18.1 Å². The van der Waals surface area contributed by atoms with Crippen molar-refractivity contribution in [3.05, 3.63) is 21.9 Å². The van der Waals surface area contributed by atoms with Gasteiger partial charge < -0.3 is 10.1 Å². The lowest BCUT2D eigenvalue weighted by molar-refractivity contribution is 0.00951. The van der Waals surface area contributed by atoms with Crippen molar-refractivity contribution in [2.75, 3.05) is 14.2 Å². The third kappa shape index (κ3) is 3.14. The van der Waals surface area contributed by atoms with Crippen molar-refractivity contribution in [1.82, 2.24) is 5.32 Å². The zero-order valence-electron chi connectivity index (χ0n) is 11.7. The van der Waals surface area contributed by atoms with Gasteiger partial charge in [0, 0.05) is 12.0 Å². The molecule has 0 aromatic carbocycles. The van der Waals surface area contributed by atoms with E-state index in [1.807, 2.05) is 25.5 Å². The average Bonchev–Trinajstić information content (AvgIpc) is 2.83. The third-order valence-electron chi connectivity index (χ3n) is 4.14. The number of rotatable bonds is 5. The second kappa shape index (κ2) is 6.69. The van der Waals surface area contributed by atoms with Gasteiger partial charge >= 0.3 is 0 Å². The summed E-state index contributed by atoms with van der Waals surface area (Å²) in [6.07, 6.45) is 7.07. The molecule has 1 aliphatic rings. The van der Waals surface area contributed by atoms with Gasteiger partial charge in [-0.3, -0.25) is 0 Å². The number of ether oxygens (including phenoxy) is 1. The molecule has 1 N–H and O–H groups in total. The molecular formula is C15H25NOS. The molecule has 1 saturated carbocycles. The average molecular weight is 267 g/mol. The molecule has 1 aliphatic carbocycles. The van der Waals surface area contributed by atoms with Crippen molar-refractivity contribution in [1.29, 1.82) is 0 Å². The van der Waals surface area contributed by atoms with E-state index in [9.17, 15) is 0 Å². The highest BCUT2D eigenvalue weighted by atomic mass is 32.1. The molecule has 0 saturated heterocycles. The number of aryl methyl sites for hydroxylation is 1. The van der Waals surface area contributed by atoms with Crippen LogP contribution in [0.4, 0.5) is 0 Å². The highest BCUT2D eigenvalue weighted by molar-refractivity contribution is 7.10. The second-order valence-electron chi connectivity index (χ2n) is 5.36. The predicted octanol–water partition coefficient (Wildman–Crippen LogP) is 3.91. The van der Waals surface area contributed by atoms with E-state index in [1.54, 1.807) is 0 Å². The fourth-order valence-corrected chi connectivity index (χ4v) is 3.95. The minimum Gasteiger partial charge on any atom is -0.379 e. The SMILES string of the molecule is CNC(c1csc(C)c1)C(OC)C1CCCCC1. The van der Waals surface area contributed by atoms with Crippen molar-refractivity contribution in [2.24, 2.45) is 5.92 Å². The molecule has 3 heteroatoms. The molecule has 2 nitrogen and oxygen atoms in total. The fraction of sp³-hybridized carbons (Fsp3) is 0.733. The van der Waals surface area contributed by atoms with Crippen molar-refractivity contribution in [3.63, 3.8) is 0 Å². The van der Waals surface area contributed by atoms with Crippen LogP contribution < -0.4 is 5.32 Å². The Hall–Kier alpha value is -0.380. The van der Waals surface area contributed by atoms with Crippen molar-refractivity contribution < 1.29 is 4.74 Å². The molecule has 1 heterocycles. The van der Waals surface area contributed by atoms with Gasteiger partial charge in [-0.2, -0.15) is 0 Å². The van der Waals surface area contributed by atoms with E-state index >= 15 is 0 Å². The Labute approximate surface area is 115 Å². The number of likely N-dealkylation sites (N-methyl/N-ethyl adjacent to an activating group) is 1. The van der Waals surface area contributed by atoms with E-state index in [2.05, 4.69) is 23.7 Å². The maximum Gasteiger partial charge on any atom is 0.0794 e. The van der Waals surface area contributed by atoms with E-state index in [4.69, 9.17) is 4.74 Å². The molecule has 2 rings (SSSR count). The number of thiophene rings is 1. The zero-order valence-corrected chi connectivity index (χ0v) is 12.6.